The third kappa shape index (κ3) is 5.04. The standard InChI is InChI=1S/C21H20FN3O2/c1-2-27-18-9-7-17(8-10-18)25-20-13-15(11-12-23-20)21(26)24-14-16-5-3-4-6-19(16)22/h3-13H,2,14H2,1H3,(H,23,25)(H,24,26). The van der Waals surface area contributed by atoms with Crippen LogP contribution in [0.2, 0.25) is 0 Å². The number of halogens is 1. The van der Waals surface area contributed by atoms with Gasteiger partial charge in [0, 0.05) is 29.6 Å². The summed E-state index contributed by atoms with van der Waals surface area (Å²) in [4.78, 5) is 16.6. The largest absolute Gasteiger partial charge is 0.494 e. The second-order valence-electron chi connectivity index (χ2n) is 5.79. The van der Waals surface area contributed by atoms with Gasteiger partial charge >= 0.3 is 0 Å². The number of carbonyl (C=O) groups excluding carboxylic acids is 1. The molecule has 2 N–H and O–H groups in total. The van der Waals surface area contributed by atoms with Gasteiger partial charge in [-0.3, -0.25) is 4.79 Å². The summed E-state index contributed by atoms with van der Waals surface area (Å²) in [5.41, 5.74) is 1.71. The zero-order valence-electron chi connectivity index (χ0n) is 14.9. The highest BCUT2D eigenvalue weighted by molar-refractivity contribution is 5.94. The number of hydrogen-bond acceptors (Lipinski definition) is 4. The van der Waals surface area contributed by atoms with E-state index in [0.717, 1.165) is 11.4 Å². The summed E-state index contributed by atoms with van der Waals surface area (Å²) in [6, 6.07) is 17.1. The highest BCUT2D eigenvalue weighted by Crippen LogP contribution is 2.19. The molecule has 3 rings (SSSR count). The number of nitrogens with zero attached hydrogens (tertiary/aromatic N) is 1. The minimum absolute atomic E-state index is 0.121. The fourth-order valence-electron chi connectivity index (χ4n) is 2.51. The summed E-state index contributed by atoms with van der Waals surface area (Å²) in [5.74, 6) is 0.691. The number of benzene rings is 2. The Morgan fingerprint density at radius 2 is 1.89 bits per heavy atom. The van der Waals surface area contributed by atoms with Gasteiger partial charge in [0.1, 0.15) is 17.4 Å². The molecule has 6 heteroatoms. The summed E-state index contributed by atoms with van der Waals surface area (Å²) < 4.78 is 19.1. The van der Waals surface area contributed by atoms with Crippen LogP contribution < -0.4 is 15.4 Å². The molecule has 27 heavy (non-hydrogen) atoms. The number of amides is 1. The normalized spacial score (nSPS) is 10.3. The first-order valence-electron chi connectivity index (χ1n) is 8.63. The number of ether oxygens (including phenoxy) is 1. The van der Waals surface area contributed by atoms with Gasteiger partial charge in [0.15, 0.2) is 0 Å². The van der Waals surface area contributed by atoms with Crippen molar-refractivity contribution in [3.63, 3.8) is 0 Å². The summed E-state index contributed by atoms with van der Waals surface area (Å²) in [6.07, 6.45) is 1.55. The molecule has 2 aromatic carbocycles. The Morgan fingerprint density at radius 3 is 2.63 bits per heavy atom. The molecular weight excluding hydrogens is 345 g/mol. The number of aromatic nitrogens is 1. The second-order valence-corrected chi connectivity index (χ2v) is 5.79. The maximum Gasteiger partial charge on any atom is 0.251 e. The van der Waals surface area contributed by atoms with Crippen LogP contribution in [0, 0.1) is 5.82 Å². The van der Waals surface area contributed by atoms with Crippen molar-refractivity contribution in [3.05, 3.63) is 83.8 Å². The zero-order chi connectivity index (χ0) is 19.1. The molecule has 0 aliphatic carbocycles. The first kappa shape index (κ1) is 18.4. The molecule has 0 aliphatic heterocycles. The molecule has 3 aromatic rings. The molecule has 0 unspecified atom stereocenters. The summed E-state index contributed by atoms with van der Waals surface area (Å²) in [5, 5.41) is 5.86. The Bertz CT molecular complexity index is 913. The Hall–Kier alpha value is -3.41. The predicted molar refractivity (Wildman–Crippen MR) is 103 cm³/mol. The molecule has 0 aliphatic rings. The van der Waals surface area contributed by atoms with Gasteiger partial charge in [0.2, 0.25) is 0 Å². The minimum Gasteiger partial charge on any atom is -0.494 e. The molecule has 0 spiro atoms. The van der Waals surface area contributed by atoms with Crippen molar-refractivity contribution in [1.29, 1.82) is 0 Å². The molecule has 0 saturated carbocycles. The molecule has 0 radical (unpaired) electrons. The van der Waals surface area contributed by atoms with Gasteiger partial charge in [-0.25, -0.2) is 9.37 Å². The number of nitrogens with one attached hydrogen (secondary N) is 2. The lowest BCUT2D eigenvalue weighted by molar-refractivity contribution is 0.0950. The van der Waals surface area contributed by atoms with E-state index in [1.807, 2.05) is 31.2 Å². The fourth-order valence-corrected chi connectivity index (χ4v) is 2.51. The van der Waals surface area contributed by atoms with Crippen LogP contribution in [0.25, 0.3) is 0 Å². The van der Waals surface area contributed by atoms with Crippen LogP contribution in [0.5, 0.6) is 5.75 Å². The van der Waals surface area contributed by atoms with Gasteiger partial charge < -0.3 is 15.4 Å². The first-order valence-corrected chi connectivity index (χ1v) is 8.63. The van der Waals surface area contributed by atoms with Crippen LogP contribution >= 0.6 is 0 Å². The van der Waals surface area contributed by atoms with Crippen molar-refractivity contribution in [2.24, 2.45) is 0 Å². The van der Waals surface area contributed by atoms with Gasteiger partial charge in [-0.05, 0) is 49.4 Å². The topological polar surface area (TPSA) is 63.2 Å². The third-order valence-corrected chi connectivity index (χ3v) is 3.86. The van der Waals surface area contributed by atoms with Gasteiger partial charge in [-0.1, -0.05) is 18.2 Å². The predicted octanol–water partition coefficient (Wildman–Crippen LogP) is 4.29. The Morgan fingerprint density at radius 1 is 1.11 bits per heavy atom. The van der Waals surface area contributed by atoms with Crippen molar-refractivity contribution in [2.75, 3.05) is 11.9 Å². The number of hydrogen-bond donors (Lipinski definition) is 2. The molecular formula is C21H20FN3O2. The number of pyridine rings is 1. The highest BCUT2D eigenvalue weighted by Gasteiger charge is 2.09. The Labute approximate surface area is 157 Å². The van der Waals surface area contributed by atoms with Crippen molar-refractivity contribution in [1.82, 2.24) is 10.3 Å². The molecule has 1 heterocycles. The molecule has 138 valence electrons. The number of rotatable bonds is 7. The van der Waals surface area contributed by atoms with E-state index in [1.165, 1.54) is 6.07 Å². The maximum atomic E-state index is 13.6. The lowest BCUT2D eigenvalue weighted by Crippen LogP contribution is -2.23. The van der Waals surface area contributed by atoms with Crippen molar-refractivity contribution in [2.45, 2.75) is 13.5 Å². The van der Waals surface area contributed by atoms with E-state index in [1.54, 1.807) is 36.5 Å². The lowest BCUT2D eigenvalue weighted by Gasteiger charge is -2.09. The molecule has 0 bridgehead atoms. The van der Waals surface area contributed by atoms with Gasteiger partial charge in [-0.2, -0.15) is 0 Å². The summed E-state index contributed by atoms with van der Waals surface area (Å²) in [6.45, 7) is 2.66. The van der Waals surface area contributed by atoms with Crippen molar-refractivity contribution < 1.29 is 13.9 Å². The Kier molecular flexibility index (Phi) is 5.99. The van der Waals surface area contributed by atoms with Crippen LogP contribution in [0.15, 0.2) is 66.9 Å². The van der Waals surface area contributed by atoms with E-state index >= 15 is 0 Å². The van der Waals surface area contributed by atoms with E-state index in [2.05, 4.69) is 15.6 Å². The molecule has 1 amide bonds. The van der Waals surface area contributed by atoms with E-state index in [0.29, 0.717) is 23.6 Å². The highest BCUT2D eigenvalue weighted by atomic mass is 19.1. The quantitative estimate of drug-likeness (QED) is 0.655. The van der Waals surface area contributed by atoms with E-state index in [4.69, 9.17) is 4.74 Å². The van der Waals surface area contributed by atoms with Crippen LogP contribution in [-0.4, -0.2) is 17.5 Å². The van der Waals surface area contributed by atoms with Gasteiger partial charge in [-0.15, -0.1) is 0 Å². The fraction of sp³-hybridized carbons (Fsp3) is 0.143. The van der Waals surface area contributed by atoms with Crippen LogP contribution in [0.1, 0.15) is 22.8 Å². The van der Waals surface area contributed by atoms with Gasteiger partial charge in [0.25, 0.3) is 5.91 Å². The minimum atomic E-state index is -0.342. The van der Waals surface area contributed by atoms with E-state index < -0.39 is 0 Å². The van der Waals surface area contributed by atoms with Crippen molar-refractivity contribution >= 4 is 17.4 Å². The molecule has 0 fully saturated rings. The van der Waals surface area contributed by atoms with E-state index in [-0.39, 0.29) is 18.3 Å². The van der Waals surface area contributed by atoms with Crippen LogP contribution in [-0.2, 0) is 6.54 Å². The van der Waals surface area contributed by atoms with Crippen molar-refractivity contribution in [3.8, 4) is 5.75 Å². The second kappa shape index (κ2) is 8.80. The number of anilines is 2. The maximum absolute atomic E-state index is 13.6. The van der Waals surface area contributed by atoms with Crippen LogP contribution in [0.4, 0.5) is 15.9 Å². The number of carbonyl (C=O) groups is 1. The monoisotopic (exact) mass is 365 g/mol. The zero-order valence-corrected chi connectivity index (χ0v) is 14.9. The smallest absolute Gasteiger partial charge is 0.251 e. The first-order chi connectivity index (χ1) is 13.2. The van der Waals surface area contributed by atoms with Crippen LogP contribution in [0.3, 0.4) is 0 Å². The summed E-state index contributed by atoms with van der Waals surface area (Å²) in [7, 11) is 0. The summed E-state index contributed by atoms with van der Waals surface area (Å²) >= 11 is 0. The molecule has 5 nitrogen and oxygen atoms in total. The third-order valence-electron chi connectivity index (χ3n) is 3.86. The average molecular weight is 365 g/mol. The van der Waals surface area contributed by atoms with Gasteiger partial charge in [0.05, 0.1) is 6.61 Å². The Balaban J connectivity index is 1.64. The SMILES string of the molecule is CCOc1ccc(Nc2cc(C(=O)NCc3ccccc3F)ccn2)cc1. The molecule has 0 saturated heterocycles. The average Bonchev–Trinajstić information content (AvgIpc) is 2.69. The molecule has 1 aromatic heterocycles. The molecule has 0 atom stereocenters. The lowest BCUT2D eigenvalue weighted by atomic mass is 10.2. The van der Waals surface area contributed by atoms with E-state index in [9.17, 15) is 9.18 Å².